The molecule has 1 aliphatic carbocycles. The molecule has 2 rings (SSSR count). The molecule has 2 aliphatic rings. The monoisotopic (exact) mass is 181 g/mol. The standard InChI is InChI=1S/C12H23N/c1-10-8-9-11(2)13(10)12-6-4-3-5-7-12/h10-12H,3-9H2,1-2H3. The number of hydrogen-bond donors (Lipinski definition) is 0. The minimum absolute atomic E-state index is 0.859. The lowest BCUT2D eigenvalue weighted by Crippen LogP contribution is -2.42. The van der Waals surface area contributed by atoms with Crippen molar-refractivity contribution in [3.8, 4) is 0 Å². The molecule has 2 fully saturated rings. The van der Waals surface area contributed by atoms with Crippen molar-refractivity contribution in [2.24, 2.45) is 0 Å². The third-order valence-corrected chi connectivity index (χ3v) is 4.02. The van der Waals surface area contributed by atoms with Crippen LogP contribution in [0.2, 0.25) is 0 Å². The third-order valence-electron chi connectivity index (χ3n) is 4.02. The first-order valence-corrected chi connectivity index (χ1v) is 6.06. The second kappa shape index (κ2) is 4.00. The Bertz CT molecular complexity index is 151. The highest BCUT2D eigenvalue weighted by Crippen LogP contribution is 2.32. The van der Waals surface area contributed by atoms with E-state index < -0.39 is 0 Å². The Kier molecular flexibility index (Phi) is 2.92. The lowest BCUT2D eigenvalue weighted by Gasteiger charge is -2.37. The Morgan fingerprint density at radius 1 is 0.769 bits per heavy atom. The van der Waals surface area contributed by atoms with Crippen LogP contribution in [0, 0.1) is 0 Å². The summed E-state index contributed by atoms with van der Waals surface area (Å²) in [5.74, 6) is 0. The molecule has 0 radical (unpaired) electrons. The number of nitrogens with zero attached hydrogens (tertiary/aromatic N) is 1. The van der Waals surface area contributed by atoms with Crippen LogP contribution in [-0.2, 0) is 0 Å². The summed E-state index contributed by atoms with van der Waals surface area (Å²) in [5, 5.41) is 0. The van der Waals surface area contributed by atoms with Crippen molar-refractivity contribution in [3.05, 3.63) is 0 Å². The van der Waals surface area contributed by atoms with Gasteiger partial charge in [-0.1, -0.05) is 19.3 Å². The first-order valence-electron chi connectivity index (χ1n) is 6.06. The van der Waals surface area contributed by atoms with E-state index in [2.05, 4.69) is 18.7 Å². The van der Waals surface area contributed by atoms with Gasteiger partial charge in [-0.25, -0.2) is 0 Å². The van der Waals surface area contributed by atoms with Gasteiger partial charge in [-0.15, -0.1) is 0 Å². The van der Waals surface area contributed by atoms with Crippen molar-refractivity contribution in [2.75, 3.05) is 0 Å². The third kappa shape index (κ3) is 1.90. The highest BCUT2D eigenvalue weighted by molar-refractivity contribution is 4.88. The van der Waals surface area contributed by atoms with Crippen LogP contribution in [0.1, 0.15) is 58.8 Å². The van der Waals surface area contributed by atoms with Crippen LogP contribution in [0.15, 0.2) is 0 Å². The zero-order valence-corrected chi connectivity index (χ0v) is 9.13. The van der Waals surface area contributed by atoms with Crippen molar-refractivity contribution in [1.29, 1.82) is 0 Å². The predicted molar refractivity (Wildman–Crippen MR) is 56.9 cm³/mol. The van der Waals surface area contributed by atoms with E-state index in [0.717, 1.165) is 18.1 Å². The van der Waals surface area contributed by atoms with Gasteiger partial charge >= 0.3 is 0 Å². The topological polar surface area (TPSA) is 3.24 Å². The van der Waals surface area contributed by atoms with Crippen LogP contribution in [0.4, 0.5) is 0 Å². The van der Waals surface area contributed by atoms with E-state index in [0.29, 0.717) is 0 Å². The van der Waals surface area contributed by atoms with Gasteiger partial charge < -0.3 is 0 Å². The minimum atomic E-state index is 0.859. The highest BCUT2D eigenvalue weighted by atomic mass is 15.2. The lowest BCUT2D eigenvalue weighted by atomic mass is 9.93. The molecule has 1 heteroatoms. The van der Waals surface area contributed by atoms with Crippen molar-refractivity contribution in [3.63, 3.8) is 0 Å². The minimum Gasteiger partial charge on any atom is -0.295 e. The van der Waals surface area contributed by atoms with E-state index in [9.17, 15) is 0 Å². The molecule has 0 N–H and O–H groups in total. The first kappa shape index (κ1) is 9.51. The largest absolute Gasteiger partial charge is 0.295 e. The molecule has 0 spiro atoms. The van der Waals surface area contributed by atoms with E-state index in [1.807, 2.05) is 0 Å². The van der Waals surface area contributed by atoms with Gasteiger partial charge in [-0.2, -0.15) is 0 Å². The van der Waals surface area contributed by atoms with Gasteiger partial charge in [0.05, 0.1) is 0 Å². The maximum absolute atomic E-state index is 2.80. The van der Waals surface area contributed by atoms with Crippen LogP contribution in [0.25, 0.3) is 0 Å². The van der Waals surface area contributed by atoms with Gasteiger partial charge in [0.2, 0.25) is 0 Å². The Hall–Kier alpha value is -0.0400. The SMILES string of the molecule is CC1CCC(C)N1C1CCCCC1. The maximum Gasteiger partial charge on any atom is 0.0101 e. The summed E-state index contributed by atoms with van der Waals surface area (Å²) in [5.41, 5.74) is 0. The van der Waals surface area contributed by atoms with E-state index in [4.69, 9.17) is 0 Å². The fraction of sp³-hybridized carbons (Fsp3) is 1.00. The van der Waals surface area contributed by atoms with Crippen molar-refractivity contribution in [1.82, 2.24) is 4.90 Å². The van der Waals surface area contributed by atoms with Crippen molar-refractivity contribution < 1.29 is 0 Å². The molecule has 1 aliphatic heterocycles. The van der Waals surface area contributed by atoms with Gasteiger partial charge in [0.1, 0.15) is 0 Å². The van der Waals surface area contributed by atoms with Crippen molar-refractivity contribution >= 4 is 0 Å². The molecule has 0 amide bonds. The van der Waals surface area contributed by atoms with E-state index in [1.165, 1.54) is 44.9 Å². The van der Waals surface area contributed by atoms with Gasteiger partial charge in [-0.05, 0) is 39.5 Å². The molecule has 1 heterocycles. The first-order chi connectivity index (χ1) is 6.29. The van der Waals surface area contributed by atoms with Crippen molar-refractivity contribution in [2.45, 2.75) is 76.9 Å². The summed E-state index contributed by atoms with van der Waals surface area (Å²) in [6.45, 7) is 4.83. The van der Waals surface area contributed by atoms with Crippen LogP contribution in [0.3, 0.4) is 0 Å². The zero-order valence-electron chi connectivity index (χ0n) is 9.13. The molecule has 2 atom stereocenters. The molecule has 0 aromatic carbocycles. The van der Waals surface area contributed by atoms with Gasteiger partial charge in [0, 0.05) is 18.1 Å². The molecule has 0 aromatic rings. The highest BCUT2D eigenvalue weighted by Gasteiger charge is 2.33. The number of hydrogen-bond acceptors (Lipinski definition) is 1. The summed E-state index contributed by atoms with van der Waals surface area (Å²) < 4.78 is 0. The Balaban J connectivity index is 1.96. The van der Waals surface area contributed by atoms with Gasteiger partial charge in [0.25, 0.3) is 0 Å². The maximum atomic E-state index is 2.80. The molecule has 76 valence electrons. The second-order valence-electron chi connectivity index (χ2n) is 5.01. The fourth-order valence-corrected chi connectivity index (χ4v) is 3.31. The predicted octanol–water partition coefficient (Wildman–Crippen LogP) is 3.19. The van der Waals surface area contributed by atoms with E-state index in [1.54, 1.807) is 0 Å². The number of rotatable bonds is 1. The van der Waals surface area contributed by atoms with E-state index >= 15 is 0 Å². The van der Waals surface area contributed by atoms with Crippen LogP contribution >= 0.6 is 0 Å². The molecule has 1 saturated carbocycles. The lowest BCUT2D eigenvalue weighted by molar-refractivity contribution is 0.113. The molecule has 0 bridgehead atoms. The van der Waals surface area contributed by atoms with Crippen LogP contribution in [0.5, 0.6) is 0 Å². The summed E-state index contributed by atoms with van der Waals surface area (Å²) in [7, 11) is 0. The van der Waals surface area contributed by atoms with Gasteiger partial charge in [-0.3, -0.25) is 4.90 Å². The van der Waals surface area contributed by atoms with Gasteiger partial charge in [0.15, 0.2) is 0 Å². The molecule has 13 heavy (non-hydrogen) atoms. The summed E-state index contributed by atoms with van der Waals surface area (Å²) in [4.78, 5) is 2.80. The Morgan fingerprint density at radius 2 is 1.31 bits per heavy atom. The van der Waals surface area contributed by atoms with Crippen LogP contribution < -0.4 is 0 Å². The Labute approximate surface area is 82.5 Å². The zero-order chi connectivity index (χ0) is 9.26. The smallest absolute Gasteiger partial charge is 0.0101 e. The second-order valence-corrected chi connectivity index (χ2v) is 5.01. The normalized spacial score (nSPS) is 38.3. The molecule has 0 aromatic heterocycles. The molecule has 1 saturated heterocycles. The average molecular weight is 181 g/mol. The quantitative estimate of drug-likeness (QED) is 0.600. The Morgan fingerprint density at radius 3 is 1.85 bits per heavy atom. The molecule has 2 unspecified atom stereocenters. The molecular weight excluding hydrogens is 158 g/mol. The average Bonchev–Trinajstić information content (AvgIpc) is 2.48. The summed E-state index contributed by atoms with van der Waals surface area (Å²) in [6.07, 6.45) is 10.2. The molecular formula is C12H23N. The number of likely N-dealkylation sites (tertiary alicyclic amines) is 1. The summed E-state index contributed by atoms with van der Waals surface area (Å²) >= 11 is 0. The molecule has 1 nitrogen and oxygen atoms in total. The fourth-order valence-electron chi connectivity index (χ4n) is 3.31. The summed E-state index contributed by atoms with van der Waals surface area (Å²) in [6, 6.07) is 2.65. The van der Waals surface area contributed by atoms with Crippen LogP contribution in [-0.4, -0.2) is 23.0 Å². The van der Waals surface area contributed by atoms with E-state index in [-0.39, 0.29) is 0 Å².